The molecule has 0 N–H and O–H groups in total. The van der Waals surface area contributed by atoms with Crippen molar-refractivity contribution >= 4 is 21.6 Å². The topological polar surface area (TPSA) is 43.1 Å². The molecule has 0 aliphatic heterocycles. The first-order valence-corrected chi connectivity index (χ1v) is 4.68. The highest BCUT2D eigenvalue weighted by Crippen LogP contribution is 2.26. The molecule has 1 rings (SSSR count). The maximum Gasteiger partial charge on any atom is 0.279 e. The van der Waals surface area contributed by atoms with Crippen molar-refractivity contribution in [2.75, 3.05) is 0 Å². The highest BCUT2D eigenvalue weighted by atomic mass is 79.9. The Morgan fingerprint density at radius 2 is 2.23 bits per heavy atom. The Bertz CT molecular complexity index is 354. The number of halogens is 2. The maximum absolute atomic E-state index is 12.9. The third-order valence-corrected chi connectivity index (χ3v) is 2.38. The van der Waals surface area contributed by atoms with Crippen LogP contribution in [0.25, 0.3) is 0 Å². The van der Waals surface area contributed by atoms with Crippen LogP contribution in [0.1, 0.15) is 11.1 Å². The van der Waals surface area contributed by atoms with Crippen molar-refractivity contribution in [1.29, 1.82) is 0 Å². The summed E-state index contributed by atoms with van der Waals surface area (Å²) in [5, 5.41) is 10.9. The van der Waals surface area contributed by atoms with Crippen LogP contribution in [0.2, 0.25) is 0 Å². The molecule has 0 aliphatic rings. The molecule has 13 heavy (non-hydrogen) atoms. The third-order valence-electron chi connectivity index (χ3n) is 1.77. The molecule has 1 aromatic rings. The van der Waals surface area contributed by atoms with Crippen molar-refractivity contribution < 1.29 is 9.31 Å². The quantitative estimate of drug-likeness (QED) is 0.458. The number of nitro groups is 1. The van der Waals surface area contributed by atoms with Crippen molar-refractivity contribution in [3.05, 3.63) is 39.2 Å². The molecule has 0 fully saturated rings. The van der Waals surface area contributed by atoms with Gasteiger partial charge in [-0.1, -0.05) is 15.9 Å². The molecule has 0 spiro atoms. The average Bonchev–Trinajstić information content (AvgIpc) is 2.08. The Hall–Kier alpha value is -0.970. The summed E-state index contributed by atoms with van der Waals surface area (Å²) in [7, 11) is 0. The lowest BCUT2D eigenvalue weighted by Crippen LogP contribution is -1.98. The zero-order chi connectivity index (χ0) is 10.0. The van der Waals surface area contributed by atoms with Crippen LogP contribution in [0.3, 0.4) is 0 Å². The molecule has 1 aromatic carbocycles. The fraction of sp³-hybridized carbons (Fsp3) is 0.250. The van der Waals surface area contributed by atoms with Crippen molar-refractivity contribution in [2.24, 2.45) is 0 Å². The predicted molar refractivity (Wildman–Crippen MR) is 50.4 cm³/mol. The Balaban J connectivity index is 3.41. The van der Waals surface area contributed by atoms with Gasteiger partial charge in [0.25, 0.3) is 5.69 Å². The van der Waals surface area contributed by atoms with Gasteiger partial charge in [0, 0.05) is 10.9 Å². The van der Waals surface area contributed by atoms with E-state index in [1.165, 1.54) is 19.1 Å². The van der Waals surface area contributed by atoms with Gasteiger partial charge < -0.3 is 0 Å². The van der Waals surface area contributed by atoms with Gasteiger partial charge in [0.05, 0.1) is 10.5 Å². The van der Waals surface area contributed by atoms with Gasteiger partial charge in [0.15, 0.2) is 0 Å². The Morgan fingerprint density at radius 1 is 1.62 bits per heavy atom. The minimum Gasteiger partial charge on any atom is -0.258 e. The maximum atomic E-state index is 12.9. The van der Waals surface area contributed by atoms with E-state index in [0.29, 0.717) is 10.9 Å². The normalized spacial score (nSPS) is 10.1. The average molecular weight is 248 g/mol. The summed E-state index contributed by atoms with van der Waals surface area (Å²) in [6, 6.07) is 2.65. The van der Waals surface area contributed by atoms with E-state index in [2.05, 4.69) is 15.9 Å². The number of rotatable bonds is 2. The number of nitro benzene ring substituents is 1. The zero-order valence-electron chi connectivity index (χ0n) is 6.88. The van der Waals surface area contributed by atoms with Crippen LogP contribution in [-0.2, 0) is 5.33 Å². The minimum absolute atomic E-state index is 0.0851. The lowest BCUT2D eigenvalue weighted by Gasteiger charge is -2.02. The second-order valence-electron chi connectivity index (χ2n) is 2.57. The number of benzene rings is 1. The van der Waals surface area contributed by atoms with E-state index in [9.17, 15) is 14.5 Å². The molecule has 0 unspecified atom stereocenters. The molecule has 70 valence electrons. The fourth-order valence-corrected chi connectivity index (χ4v) is 1.55. The van der Waals surface area contributed by atoms with Crippen molar-refractivity contribution in [3.63, 3.8) is 0 Å². The van der Waals surface area contributed by atoms with E-state index in [4.69, 9.17) is 0 Å². The highest BCUT2D eigenvalue weighted by Gasteiger charge is 2.18. The molecular weight excluding hydrogens is 241 g/mol. The van der Waals surface area contributed by atoms with Crippen LogP contribution in [0, 0.1) is 22.9 Å². The fourth-order valence-electron chi connectivity index (χ4n) is 1.09. The molecular formula is C8H7BrFNO2. The largest absolute Gasteiger partial charge is 0.279 e. The first-order valence-electron chi connectivity index (χ1n) is 3.56. The SMILES string of the molecule is Cc1c(F)ccc(CBr)c1[N+](=O)[O-]. The van der Waals surface area contributed by atoms with Crippen LogP contribution in [0.5, 0.6) is 0 Å². The van der Waals surface area contributed by atoms with Gasteiger partial charge in [-0.15, -0.1) is 0 Å². The first-order chi connectivity index (χ1) is 6.07. The predicted octanol–water partition coefficient (Wildman–Crippen LogP) is 2.94. The Labute approximate surface area is 82.8 Å². The van der Waals surface area contributed by atoms with E-state index < -0.39 is 10.7 Å². The lowest BCUT2D eigenvalue weighted by atomic mass is 10.1. The molecule has 0 atom stereocenters. The van der Waals surface area contributed by atoms with Crippen LogP contribution >= 0.6 is 15.9 Å². The summed E-state index contributed by atoms with van der Waals surface area (Å²) >= 11 is 3.11. The first kappa shape index (κ1) is 10.1. The van der Waals surface area contributed by atoms with Gasteiger partial charge in [-0.3, -0.25) is 10.1 Å². The summed E-state index contributed by atoms with van der Waals surface area (Å²) in [6.45, 7) is 1.40. The van der Waals surface area contributed by atoms with Crippen molar-refractivity contribution in [1.82, 2.24) is 0 Å². The Morgan fingerprint density at radius 3 is 2.69 bits per heavy atom. The molecule has 0 saturated carbocycles. The molecule has 0 bridgehead atoms. The molecule has 0 aliphatic carbocycles. The summed E-state index contributed by atoms with van der Waals surface area (Å²) < 4.78 is 12.9. The monoisotopic (exact) mass is 247 g/mol. The van der Waals surface area contributed by atoms with Gasteiger partial charge in [0.2, 0.25) is 0 Å². The van der Waals surface area contributed by atoms with Gasteiger partial charge in [-0.2, -0.15) is 0 Å². The van der Waals surface area contributed by atoms with Gasteiger partial charge in [0.1, 0.15) is 5.82 Å². The summed E-state index contributed by atoms with van der Waals surface area (Å²) in [5.41, 5.74) is 0.433. The van der Waals surface area contributed by atoms with Gasteiger partial charge in [-0.25, -0.2) is 4.39 Å². The van der Waals surface area contributed by atoms with Crippen LogP contribution in [-0.4, -0.2) is 4.92 Å². The molecule has 0 radical (unpaired) electrons. The second-order valence-corrected chi connectivity index (χ2v) is 3.13. The van der Waals surface area contributed by atoms with Crippen LogP contribution < -0.4 is 0 Å². The lowest BCUT2D eigenvalue weighted by molar-refractivity contribution is -0.386. The number of hydrogen-bond donors (Lipinski definition) is 0. The molecule has 0 amide bonds. The summed E-state index contributed by atoms with van der Waals surface area (Å²) in [6.07, 6.45) is 0. The van der Waals surface area contributed by atoms with Gasteiger partial charge >= 0.3 is 0 Å². The van der Waals surface area contributed by atoms with Crippen LogP contribution in [0.15, 0.2) is 12.1 Å². The van der Waals surface area contributed by atoms with Crippen LogP contribution in [0.4, 0.5) is 10.1 Å². The number of alkyl halides is 1. The van der Waals surface area contributed by atoms with Gasteiger partial charge in [-0.05, 0) is 19.1 Å². The molecule has 0 aromatic heterocycles. The van der Waals surface area contributed by atoms with Crippen molar-refractivity contribution in [2.45, 2.75) is 12.3 Å². The van der Waals surface area contributed by atoms with Crippen molar-refractivity contribution in [3.8, 4) is 0 Å². The Kier molecular flexibility index (Phi) is 2.98. The number of hydrogen-bond acceptors (Lipinski definition) is 2. The number of nitrogens with zero attached hydrogens (tertiary/aromatic N) is 1. The highest BCUT2D eigenvalue weighted by molar-refractivity contribution is 9.08. The smallest absolute Gasteiger partial charge is 0.258 e. The minimum atomic E-state index is -0.561. The molecule has 0 heterocycles. The molecule has 5 heteroatoms. The standard InChI is InChI=1S/C8H7BrFNO2/c1-5-7(10)3-2-6(4-9)8(5)11(12)13/h2-3H,4H2,1H3. The zero-order valence-corrected chi connectivity index (χ0v) is 8.47. The molecule has 3 nitrogen and oxygen atoms in total. The summed E-state index contributed by atoms with van der Waals surface area (Å²) in [4.78, 5) is 10.0. The van der Waals surface area contributed by atoms with E-state index in [1.807, 2.05) is 0 Å². The molecule has 0 saturated heterocycles. The second kappa shape index (κ2) is 3.83. The van der Waals surface area contributed by atoms with E-state index in [0.717, 1.165) is 0 Å². The van der Waals surface area contributed by atoms with E-state index in [1.54, 1.807) is 0 Å². The third kappa shape index (κ3) is 1.85. The van der Waals surface area contributed by atoms with E-state index >= 15 is 0 Å². The summed E-state index contributed by atoms with van der Waals surface area (Å²) in [5.74, 6) is -0.545. The van der Waals surface area contributed by atoms with E-state index in [-0.39, 0.29) is 11.3 Å².